The van der Waals surface area contributed by atoms with E-state index < -0.39 is 12.5 Å². The maximum atomic E-state index is 11.4. The quantitative estimate of drug-likeness (QED) is 0.498. The lowest BCUT2D eigenvalue weighted by Gasteiger charge is -2.21. The summed E-state index contributed by atoms with van der Waals surface area (Å²) >= 11 is 0. The summed E-state index contributed by atoms with van der Waals surface area (Å²) in [6.07, 6.45) is 2.90. The number of nitrogens with zero attached hydrogens (tertiary/aromatic N) is 2. The van der Waals surface area contributed by atoms with Crippen LogP contribution < -0.4 is 10.6 Å². The van der Waals surface area contributed by atoms with Crippen molar-refractivity contribution >= 4 is 23.9 Å². The van der Waals surface area contributed by atoms with E-state index in [-0.39, 0.29) is 23.9 Å². The number of ether oxygens (including phenoxy) is 2. The molecular formula is C19H34N4O6. The summed E-state index contributed by atoms with van der Waals surface area (Å²) < 4.78 is 10.6. The molecule has 2 aliphatic rings. The number of amides is 6. The van der Waals surface area contributed by atoms with Gasteiger partial charge in [0.1, 0.15) is 0 Å². The van der Waals surface area contributed by atoms with Crippen molar-refractivity contribution in [1.82, 2.24) is 20.4 Å². The zero-order chi connectivity index (χ0) is 21.8. The molecule has 2 heterocycles. The van der Waals surface area contributed by atoms with Gasteiger partial charge in [0.05, 0.1) is 0 Å². The molecule has 0 spiro atoms. The zero-order valence-corrected chi connectivity index (χ0v) is 17.9. The maximum Gasteiger partial charge on any atom is 0.326 e. The monoisotopic (exact) mass is 414 g/mol. The van der Waals surface area contributed by atoms with Crippen LogP contribution in [-0.4, -0.2) is 72.4 Å². The Morgan fingerprint density at radius 2 is 1.14 bits per heavy atom. The fourth-order valence-corrected chi connectivity index (χ4v) is 2.77. The SMILES string of the molecule is CCCCN1C(=O)NC(=O)C1OCCC.CCCOC1C(=O)NC(=O)N1CCC. The van der Waals surface area contributed by atoms with Crippen molar-refractivity contribution in [3.63, 3.8) is 0 Å². The van der Waals surface area contributed by atoms with Crippen molar-refractivity contribution in [2.45, 2.75) is 72.3 Å². The normalized spacial score (nSPS) is 21.2. The summed E-state index contributed by atoms with van der Waals surface area (Å²) in [5, 5.41) is 4.49. The second kappa shape index (κ2) is 13.1. The molecular weight excluding hydrogens is 380 g/mol. The number of hydrogen-bond donors (Lipinski definition) is 2. The van der Waals surface area contributed by atoms with Crippen LogP contribution in [0.15, 0.2) is 0 Å². The molecule has 10 nitrogen and oxygen atoms in total. The molecule has 0 bridgehead atoms. The van der Waals surface area contributed by atoms with Crippen LogP contribution in [0.5, 0.6) is 0 Å². The molecule has 166 valence electrons. The van der Waals surface area contributed by atoms with Gasteiger partial charge in [0.2, 0.25) is 12.5 Å². The molecule has 0 aromatic heterocycles. The third kappa shape index (κ3) is 7.28. The summed E-state index contributed by atoms with van der Waals surface area (Å²) in [7, 11) is 0. The van der Waals surface area contributed by atoms with Gasteiger partial charge in [-0.3, -0.25) is 30.0 Å². The van der Waals surface area contributed by atoms with Crippen molar-refractivity contribution in [3.05, 3.63) is 0 Å². The number of carbonyl (C=O) groups excluding carboxylic acids is 4. The Labute approximate surface area is 172 Å². The molecule has 2 saturated heterocycles. The molecule has 0 aromatic rings. The highest BCUT2D eigenvalue weighted by atomic mass is 16.5. The molecule has 2 aliphatic heterocycles. The molecule has 10 heteroatoms. The second-order valence-corrected chi connectivity index (χ2v) is 6.78. The fourth-order valence-electron chi connectivity index (χ4n) is 2.77. The van der Waals surface area contributed by atoms with Crippen LogP contribution in [0, 0.1) is 0 Å². The fraction of sp³-hybridized carbons (Fsp3) is 0.789. The standard InChI is InChI=1S/C10H18N2O3.C9H16N2O3/c1-3-5-6-12-9(15-7-4-2)8(13)11-10(12)14;1-3-5-11-8(14-6-4-2)7(12)10-9(11)13/h9H,3-7H2,1-2H3,(H,11,13,14);8H,3-6H2,1-2H3,(H,10,12,13). The molecule has 6 amide bonds. The number of hydrogen-bond acceptors (Lipinski definition) is 6. The highest BCUT2D eigenvalue weighted by Gasteiger charge is 2.39. The average molecular weight is 415 g/mol. The van der Waals surface area contributed by atoms with E-state index in [1.165, 1.54) is 9.80 Å². The number of nitrogens with one attached hydrogen (secondary N) is 2. The summed E-state index contributed by atoms with van der Waals surface area (Å²) in [5.41, 5.74) is 0. The van der Waals surface area contributed by atoms with E-state index in [0.29, 0.717) is 26.3 Å². The summed E-state index contributed by atoms with van der Waals surface area (Å²) in [4.78, 5) is 48.2. The Balaban J connectivity index is 0.000000291. The van der Waals surface area contributed by atoms with Gasteiger partial charge in [0.15, 0.2) is 0 Å². The Bertz CT molecular complexity index is 547. The van der Waals surface area contributed by atoms with Crippen LogP contribution in [0.2, 0.25) is 0 Å². The molecule has 0 aliphatic carbocycles. The maximum absolute atomic E-state index is 11.4. The van der Waals surface area contributed by atoms with E-state index in [9.17, 15) is 19.2 Å². The Kier molecular flexibility index (Phi) is 11.2. The molecule has 0 saturated carbocycles. The molecule has 29 heavy (non-hydrogen) atoms. The Morgan fingerprint density at radius 1 is 0.690 bits per heavy atom. The van der Waals surface area contributed by atoms with Gasteiger partial charge in [0.25, 0.3) is 11.8 Å². The number of carbonyl (C=O) groups is 4. The lowest BCUT2D eigenvalue weighted by Crippen LogP contribution is -2.38. The largest absolute Gasteiger partial charge is 0.349 e. The van der Waals surface area contributed by atoms with Crippen molar-refractivity contribution < 1.29 is 28.7 Å². The van der Waals surface area contributed by atoms with Crippen LogP contribution in [0.3, 0.4) is 0 Å². The number of unbranched alkanes of at least 4 members (excludes halogenated alkanes) is 1. The molecule has 0 aromatic carbocycles. The minimum Gasteiger partial charge on any atom is -0.349 e. The Morgan fingerprint density at radius 3 is 1.52 bits per heavy atom. The Hall–Kier alpha value is -2.20. The van der Waals surface area contributed by atoms with Gasteiger partial charge in [-0.1, -0.05) is 34.1 Å². The predicted octanol–water partition coefficient (Wildman–Crippen LogP) is 1.79. The van der Waals surface area contributed by atoms with E-state index in [4.69, 9.17) is 9.47 Å². The van der Waals surface area contributed by atoms with Gasteiger partial charge in [-0.15, -0.1) is 0 Å². The first-order valence-electron chi connectivity index (χ1n) is 10.4. The molecule has 2 N–H and O–H groups in total. The summed E-state index contributed by atoms with van der Waals surface area (Å²) in [6, 6.07) is -0.687. The average Bonchev–Trinajstić information content (AvgIpc) is 3.11. The molecule has 0 radical (unpaired) electrons. The van der Waals surface area contributed by atoms with Gasteiger partial charge < -0.3 is 9.47 Å². The van der Waals surface area contributed by atoms with Crippen molar-refractivity contribution in [2.75, 3.05) is 26.3 Å². The van der Waals surface area contributed by atoms with Gasteiger partial charge in [0, 0.05) is 26.3 Å². The highest BCUT2D eigenvalue weighted by Crippen LogP contribution is 2.12. The topological polar surface area (TPSA) is 117 Å². The molecule has 2 unspecified atom stereocenters. The first-order valence-corrected chi connectivity index (χ1v) is 10.4. The molecule has 2 rings (SSSR count). The zero-order valence-electron chi connectivity index (χ0n) is 17.9. The lowest BCUT2D eigenvalue weighted by molar-refractivity contribution is -0.136. The van der Waals surface area contributed by atoms with E-state index >= 15 is 0 Å². The van der Waals surface area contributed by atoms with E-state index in [2.05, 4.69) is 10.6 Å². The number of rotatable bonds is 11. The smallest absolute Gasteiger partial charge is 0.326 e. The number of urea groups is 2. The predicted molar refractivity (Wildman–Crippen MR) is 106 cm³/mol. The van der Waals surface area contributed by atoms with Crippen LogP contribution >= 0.6 is 0 Å². The number of imide groups is 2. The molecule has 2 fully saturated rings. The van der Waals surface area contributed by atoms with Gasteiger partial charge >= 0.3 is 12.1 Å². The van der Waals surface area contributed by atoms with Gasteiger partial charge in [-0.25, -0.2) is 9.59 Å². The van der Waals surface area contributed by atoms with Crippen LogP contribution in [-0.2, 0) is 19.1 Å². The van der Waals surface area contributed by atoms with Crippen LogP contribution in [0.25, 0.3) is 0 Å². The van der Waals surface area contributed by atoms with E-state index in [0.717, 1.165) is 32.1 Å². The lowest BCUT2D eigenvalue weighted by atomic mass is 10.3. The van der Waals surface area contributed by atoms with Crippen LogP contribution in [0.1, 0.15) is 59.8 Å². The van der Waals surface area contributed by atoms with Crippen molar-refractivity contribution in [3.8, 4) is 0 Å². The minimum absolute atomic E-state index is 0.338. The first kappa shape index (κ1) is 24.8. The molecule has 2 atom stereocenters. The summed E-state index contributed by atoms with van der Waals surface area (Å²) in [5.74, 6) is -0.693. The third-order valence-corrected chi connectivity index (χ3v) is 4.17. The van der Waals surface area contributed by atoms with E-state index in [1.807, 2.05) is 27.7 Å². The van der Waals surface area contributed by atoms with Crippen LogP contribution in [0.4, 0.5) is 9.59 Å². The van der Waals surface area contributed by atoms with E-state index in [1.54, 1.807) is 0 Å². The summed E-state index contributed by atoms with van der Waals surface area (Å²) in [6.45, 7) is 10.0. The van der Waals surface area contributed by atoms with Crippen molar-refractivity contribution in [2.24, 2.45) is 0 Å². The first-order chi connectivity index (χ1) is 13.9. The highest BCUT2D eigenvalue weighted by molar-refractivity contribution is 6.03. The minimum atomic E-state index is -0.720. The third-order valence-electron chi connectivity index (χ3n) is 4.17. The van der Waals surface area contributed by atoms with Crippen molar-refractivity contribution in [1.29, 1.82) is 0 Å². The van der Waals surface area contributed by atoms with Gasteiger partial charge in [-0.05, 0) is 25.7 Å². The van der Waals surface area contributed by atoms with Gasteiger partial charge in [-0.2, -0.15) is 0 Å². The second-order valence-electron chi connectivity index (χ2n) is 6.78.